The quantitative estimate of drug-likeness (QED) is 0.897. The van der Waals surface area contributed by atoms with Gasteiger partial charge in [0.25, 0.3) is 5.91 Å². The number of morpholine rings is 1. The number of amides is 1. The molecule has 7 heteroatoms. The lowest BCUT2D eigenvalue weighted by Crippen LogP contribution is -2.36. The van der Waals surface area contributed by atoms with E-state index in [4.69, 9.17) is 20.9 Å². The standard InChI is InChI=1S/C17H20ClN3O3/c1-12-15(11-21-5-7-23-8-6-21)16(20-24-12)17(22)19-10-13-3-2-4-14(18)9-13/h2-4,9H,5-8,10-11H2,1H3,(H,19,22). The summed E-state index contributed by atoms with van der Waals surface area (Å²) < 4.78 is 10.6. The number of hydrogen-bond acceptors (Lipinski definition) is 5. The minimum atomic E-state index is -0.241. The third kappa shape index (κ3) is 4.14. The van der Waals surface area contributed by atoms with E-state index in [0.717, 1.165) is 24.2 Å². The number of nitrogens with one attached hydrogen (secondary N) is 1. The molecule has 1 amide bonds. The molecule has 128 valence electrons. The zero-order valence-electron chi connectivity index (χ0n) is 13.5. The van der Waals surface area contributed by atoms with Crippen LogP contribution in [0.1, 0.15) is 27.4 Å². The van der Waals surface area contributed by atoms with Gasteiger partial charge in [0.05, 0.1) is 13.2 Å². The zero-order valence-corrected chi connectivity index (χ0v) is 14.3. The molecule has 6 nitrogen and oxygen atoms in total. The van der Waals surface area contributed by atoms with Crippen LogP contribution in [0.3, 0.4) is 0 Å². The van der Waals surface area contributed by atoms with Crippen LogP contribution in [0.2, 0.25) is 5.02 Å². The van der Waals surface area contributed by atoms with Crippen LogP contribution in [-0.4, -0.2) is 42.3 Å². The predicted molar refractivity (Wildman–Crippen MR) is 90.0 cm³/mol. The molecule has 1 aromatic carbocycles. The topological polar surface area (TPSA) is 67.6 Å². The molecule has 24 heavy (non-hydrogen) atoms. The minimum absolute atomic E-state index is 0.241. The van der Waals surface area contributed by atoms with E-state index in [0.29, 0.717) is 42.8 Å². The normalized spacial score (nSPS) is 15.4. The highest BCUT2D eigenvalue weighted by atomic mass is 35.5. The maximum atomic E-state index is 12.5. The Kier molecular flexibility index (Phi) is 5.50. The Morgan fingerprint density at radius 1 is 1.38 bits per heavy atom. The molecule has 0 atom stereocenters. The van der Waals surface area contributed by atoms with Crippen molar-refractivity contribution in [3.05, 3.63) is 51.9 Å². The molecule has 3 rings (SSSR count). The molecule has 1 N–H and O–H groups in total. The van der Waals surface area contributed by atoms with Crippen molar-refractivity contribution in [2.45, 2.75) is 20.0 Å². The van der Waals surface area contributed by atoms with E-state index in [1.54, 1.807) is 6.07 Å². The molecule has 0 aliphatic carbocycles. The summed E-state index contributed by atoms with van der Waals surface area (Å²) in [5.74, 6) is 0.435. The zero-order chi connectivity index (χ0) is 16.9. The third-order valence-corrected chi connectivity index (χ3v) is 4.26. The van der Waals surface area contributed by atoms with Gasteiger partial charge in [0.15, 0.2) is 5.69 Å². The molecule has 2 heterocycles. The van der Waals surface area contributed by atoms with Crippen molar-refractivity contribution in [1.29, 1.82) is 0 Å². The number of carbonyl (C=O) groups excluding carboxylic acids is 1. The Morgan fingerprint density at radius 2 is 2.17 bits per heavy atom. The van der Waals surface area contributed by atoms with Crippen molar-refractivity contribution in [3.8, 4) is 0 Å². The number of hydrogen-bond donors (Lipinski definition) is 1. The van der Waals surface area contributed by atoms with Gasteiger partial charge in [-0.15, -0.1) is 0 Å². The van der Waals surface area contributed by atoms with Crippen molar-refractivity contribution >= 4 is 17.5 Å². The lowest BCUT2D eigenvalue weighted by atomic mass is 10.1. The summed E-state index contributed by atoms with van der Waals surface area (Å²) >= 11 is 5.96. The van der Waals surface area contributed by atoms with Crippen LogP contribution in [0, 0.1) is 6.92 Å². The summed E-state index contributed by atoms with van der Waals surface area (Å²) in [5.41, 5.74) is 2.12. The summed E-state index contributed by atoms with van der Waals surface area (Å²) in [6.45, 7) is 5.96. The summed E-state index contributed by atoms with van der Waals surface area (Å²) in [5, 5.41) is 7.46. The second-order valence-electron chi connectivity index (χ2n) is 5.77. The average Bonchev–Trinajstić information content (AvgIpc) is 2.95. The molecule has 0 spiro atoms. The molecule has 0 saturated carbocycles. The molecule has 1 aliphatic heterocycles. The average molecular weight is 350 g/mol. The first-order valence-corrected chi connectivity index (χ1v) is 8.29. The first-order valence-electron chi connectivity index (χ1n) is 7.91. The second-order valence-corrected chi connectivity index (χ2v) is 6.20. The highest BCUT2D eigenvalue weighted by Crippen LogP contribution is 2.17. The Hall–Kier alpha value is -1.89. The number of carbonyl (C=O) groups is 1. The summed E-state index contributed by atoms with van der Waals surface area (Å²) in [6, 6.07) is 7.39. The number of rotatable bonds is 5. The van der Waals surface area contributed by atoms with E-state index in [1.165, 1.54) is 0 Å². The fourth-order valence-corrected chi connectivity index (χ4v) is 2.86. The lowest BCUT2D eigenvalue weighted by Gasteiger charge is -2.26. The largest absolute Gasteiger partial charge is 0.379 e. The van der Waals surface area contributed by atoms with Crippen molar-refractivity contribution in [2.24, 2.45) is 0 Å². The molecule has 0 radical (unpaired) electrons. The van der Waals surface area contributed by atoms with Crippen molar-refractivity contribution < 1.29 is 14.1 Å². The highest BCUT2D eigenvalue weighted by Gasteiger charge is 2.22. The van der Waals surface area contributed by atoms with Crippen molar-refractivity contribution in [3.63, 3.8) is 0 Å². The fourth-order valence-electron chi connectivity index (χ4n) is 2.65. The molecule has 0 unspecified atom stereocenters. The van der Waals surface area contributed by atoms with Gasteiger partial charge in [-0.05, 0) is 24.6 Å². The van der Waals surface area contributed by atoms with Gasteiger partial charge < -0.3 is 14.6 Å². The Balaban J connectivity index is 1.66. The summed E-state index contributed by atoms with van der Waals surface area (Å²) in [4.78, 5) is 14.7. The Morgan fingerprint density at radius 3 is 2.92 bits per heavy atom. The maximum Gasteiger partial charge on any atom is 0.274 e. The summed E-state index contributed by atoms with van der Waals surface area (Å²) in [7, 11) is 0. The van der Waals surface area contributed by atoms with Gasteiger partial charge in [-0.1, -0.05) is 28.9 Å². The highest BCUT2D eigenvalue weighted by molar-refractivity contribution is 6.30. The lowest BCUT2D eigenvalue weighted by molar-refractivity contribution is 0.0339. The SMILES string of the molecule is Cc1onc(C(=O)NCc2cccc(Cl)c2)c1CN1CCOCC1. The number of halogens is 1. The second kappa shape index (κ2) is 7.79. The van der Waals surface area contributed by atoms with Crippen LogP contribution in [0.15, 0.2) is 28.8 Å². The molecular formula is C17H20ClN3O3. The number of nitrogens with zero attached hydrogens (tertiary/aromatic N) is 2. The molecule has 1 aromatic heterocycles. The van der Waals surface area contributed by atoms with Crippen LogP contribution in [0.4, 0.5) is 0 Å². The molecule has 2 aromatic rings. The van der Waals surface area contributed by atoms with Crippen LogP contribution in [0.5, 0.6) is 0 Å². The first kappa shape index (κ1) is 17.0. The van der Waals surface area contributed by atoms with Crippen LogP contribution >= 0.6 is 11.6 Å². The Labute approximate surface area is 145 Å². The van der Waals surface area contributed by atoms with Gasteiger partial charge in [0.1, 0.15) is 5.76 Å². The van der Waals surface area contributed by atoms with Gasteiger partial charge in [-0.2, -0.15) is 0 Å². The molecule has 1 aliphatic rings. The van der Waals surface area contributed by atoms with Gasteiger partial charge in [-0.3, -0.25) is 9.69 Å². The number of ether oxygens (including phenoxy) is 1. The maximum absolute atomic E-state index is 12.5. The smallest absolute Gasteiger partial charge is 0.274 e. The first-order chi connectivity index (χ1) is 11.6. The number of aromatic nitrogens is 1. The van der Waals surface area contributed by atoms with E-state index < -0.39 is 0 Å². The number of aryl methyl sites for hydroxylation is 1. The third-order valence-electron chi connectivity index (χ3n) is 4.03. The molecule has 0 bridgehead atoms. The van der Waals surface area contributed by atoms with Crippen molar-refractivity contribution in [2.75, 3.05) is 26.3 Å². The Bertz CT molecular complexity index is 711. The van der Waals surface area contributed by atoms with Gasteiger partial charge in [0.2, 0.25) is 0 Å². The van der Waals surface area contributed by atoms with E-state index in [1.807, 2.05) is 25.1 Å². The fraction of sp³-hybridized carbons (Fsp3) is 0.412. The van der Waals surface area contributed by atoms with E-state index >= 15 is 0 Å². The van der Waals surface area contributed by atoms with E-state index in [2.05, 4.69) is 15.4 Å². The van der Waals surface area contributed by atoms with Crippen molar-refractivity contribution in [1.82, 2.24) is 15.4 Å². The molecule has 1 saturated heterocycles. The van der Waals surface area contributed by atoms with Crippen LogP contribution < -0.4 is 5.32 Å². The minimum Gasteiger partial charge on any atom is -0.379 e. The predicted octanol–water partition coefficient (Wildman–Crippen LogP) is 2.40. The van der Waals surface area contributed by atoms with E-state index in [9.17, 15) is 4.79 Å². The summed E-state index contributed by atoms with van der Waals surface area (Å²) in [6.07, 6.45) is 0. The monoisotopic (exact) mass is 349 g/mol. The van der Waals surface area contributed by atoms with E-state index in [-0.39, 0.29) is 5.91 Å². The van der Waals surface area contributed by atoms with Gasteiger partial charge >= 0.3 is 0 Å². The number of benzene rings is 1. The molecule has 1 fully saturated rings. The van der Waals surface area contributed by atoms with Crippen LogP contribution in [0.25, 0.3) is 0 Å². The van der Waals surface area contributed by atoms with Crippen LogP contribution in [-0.2, 0) is 17.8 Å². The van der Waals surface area contributed by atoms with Gasteiger partial charge in [0, 0.05) is 36.8 Å². The van der Waals surface area contributed by atoms with Gasteiger partial charge in [-0.25, -0.2) is 0 Å². The molecular weight excluding hydrogens is 330 g/mol.